The minimum atomic E-state index is -0.0144. The van der Waals surface area contributed by atoms with E-state index in [1.165, 1.54) is 0 Å². The molecule has 0 bridgehead atoms. The fourth-order valence-electron chi connectivity index (χ4n) is 1.95. The standard InChI is InChI=1S/C12H26S9/c13-7(10(16)17)3-1-6(5-9(15)12(20)21)2-4-8(14)11(18)19/h6-21H,1-5H2. The Hall–Kier alpha value is 3.15. The van der Waals surface area contributed by atoms with E-state index in [-0.39, 0.29) is 29.5 Å². The van der Waals surface area contributed by atoms with Crippen LogP contribution in [0.1, 0.15) is 32.1 Å². The Kier molecular flexibility index (Phi) is 15.4. The third-order valence-electron chi connectivity index (χ3n) is 3.35. The summed E-state index contributed by atoms with van der Waals surface area (Å²) in [6.45, 7) is 0. The van der Waals surface area contributed by atoms with E-state index < -0.39 is 0 Å². The number of thiol groups is 9. The summed E-state index contributed by atoms with van der Waals surface area (Å²) in [4.78, 5) is 0. The Bertz CT molecular complexity index is 241. The van der Waals surface area contributed by atoms with Crippen LogP contribution in [0.3, 0.4) is 0 Å². The van der Waals surface area contributed by atoms with E-state index in [2.05, 4.69) is 114 Å². The summed E-state index contributed by atoms with van der Waals surface area (Å²) in [5, 5.41) is 0.549. The van der Waals surface area contributed by atoms with Crippen molar-refractivity contribution in [2.24, 2.45) is 5.92 Å². The summed E-state index contributed by atoms with van der Waals surface area (Å²) in [6.07, 6.45) is 5.09. The Labute approximate surface area is 179 Å². The quantitative estimate of drug-likeness (QED) is 0.151. The lowest BCUT2D eigenvalue weighted by molar-refractivity contribution is 0.397. The largest absolute Gasteiger partial charge is 0.174 e. The molecule has 0 aliphatic rings. The predicted molar refractivity (Wildman–Crippen MR) is 130 cm³/mol. The summed E-state index contributed by atoms with van der Waals surface area (Å²) in [7, 11) is 0. The molecule has 0 saturated carbocycles. The maximum atomic E-state index is 4.58. The van der Waals surface area contributed by atoms with Crippen molar-refractivity contribution in [3.05, 3.63) is 0 Å². The van der Waals surface area contributed by atoms with Gasteiger partial charge in [-0.2, -0.15) is 114 Å². The van der Waals surface area contributed by atoms with Gasteiger partial charge >= 0.3 is 0 Å². The van der Waals surface area contributed by atoms with Crippen LogP contribution in [0.15, 0.2) is 0 Å². The average molecular weight is 459 g/mol. The van der Waals surface area contributed by atoms with Crippen LogP contribution < -0.4 is 0 Å². The molecule has 0 radical (unpaired) electrons. The lowest BCUT2D eigenvalue weighted by Crippen LogP contribution is -2.19. The summed E-state index contributed by atoms with van der Waals surface area (Å²) in [6, 6.07) is 0. The van der Waals surface area contributed by atoms with Crippen LogP contribution in [0.4, 0.5) is 0 Å². The molecule has 0 N–H and O–H groups in total. The van der Waals surface area contributed by atoms with Crippen LogP contribution in [0.25, 0.3) is 0 Å². The first-order valence-corrected chi connectivity index (χ1v) is 11.4. The maximum absolute atomic E-state index is 4.58. The molecule has 0 aromatic carbocycles. The first-order chi connectivity index (χ1) is 9.65. The SMILES string of the molecule is SC(S)C(S)CCC(CCC(S)C(S)S)CC(S)C(S)S. The van der Waals surface area contributed by atoms with Gasteiger partial charge in [-0.05, 0) is 38.0 Å². The highest BCUT2D eigenvalue weighted by atomic mass is 32.2. The summed E-state index contributed by atoms with van der Waals surface area (Å²) < 4.78 is -0.0141. The predicted octanol–water partition coefficient (Wildman–Crippen LogP) is 5.01. The first kappa shape index (κ1) is 24.1. The van der Waals surface area contributed by atoms with Crippen molar-refractivity contribution < 1.29 is 0 Å². The van der Waals surface area contributed by atoms with E-state index in [4.69, 9.17) is 0 Å². The van der Waals surface area contributed by atoms with Gasteiger partial charge in [-0.15, -0.1) is 0 Å². The Balaban J connectivity index is 4.40. The molecule has 0 nitrogen and oxygen atoms in total. The highest BCUT2D eigenvalue weighted by molar-refractivity contribution is 8.01. The summed E-state index contributed by atoms with van der Waals surface area (Å²) in [5.41, 5.74) is 0. The molecule has 21 heavy (non-hydrogen) atoms. The maximum Gasteiger partial charge on any atom is 0.0558 e. The van der Waals surface area contributed by atoms with Crippen molar-refractivity contribution in [2.75, 3.05) is 0 Å². The molecule has 0 amide bonds. The molecule has 0 aliphatic carbocycles. The highest BCUT2D eigenvalue weighted by Crippen LogP contribution is 2.31. The average Bonchev–Trinajstić information content (AvgIpc) is 2.40. The van der Waals surface area contributed by atoms with Gasteiger partial charge < -0.3 is 0 Å². The van der Waals surface area contributed by atoms with E-state index in [9.17, 15) is 0 Å². The van der Waals surface area contributed by atoms with Gasteiger partial charge in [0.1, 0.15) is 0 Å². The third kappa shape index (κ3) is 12.2. The molecule has 9 heteroatoms. The molecular weight excluding hydrogens is 433 g/mol. The fourth-order valence-corrected chi connectivity index (χ4v) is 3.39. The van der Waals surface area contributed by atoms with Gasteiger partial charge in [-0.25, -0.2) is 0 Å². The Morgan fingerprint density at radius 1 is 0.429 bits per heavy atom. The van der Waals surface area contributed by atoms with Crippen molar-refractivity contribution in [1.82, 2.24) is 0 Å². The van der Waals surface area contributed by atoms with Gasteiger partial charge in [0.05, 0.1) is 13.7 Å². The molecule has 0 saturated heterocycles. The van der Waals surface area contributed by atoms with Crippen molar-refractivity contribution in [3.8, 4) is 0 Å². The second-order valence-corrected chi connectivity index (χ2v) is 11.7. The van der Waals surface area contributed by atoms with E-state index in [0.29, 0.717) is 5.92 Å². The van der Waals surface area contributed by atoms with Gasteiger partial charge in [-0.1, -0.05) is 0 Å². The second-order valence-electron chi connectivity index (χ2n) is 5.20. The minimum Gasteiger partial charge on any atom is -0.174 e. The molecule has 0 fully saturated rings. The smallest absolute Gasteiger partial charge is 0.0558 e. The molecule has 3 unspecified atom stereocenters. The Morgan fingerprint density at radius 2 is 0.762 bits per heavy atom. The van der Waals surface area contributed by atoms with Crippen LogP contribution in [0.5, 0.6) is 0 Å². The van der Waals surface area contributed by atoms with Gasteiger partial charge in [0, 0.05) is 15.7 Å². The van der Waals surface area contributed by atoms with E-state index in [1.807, 2.05) is 0 Å². The monoisotopic (exact) mass is 458 g/mol. The number of hydrogen-bond donors (Lipinski definition) is 9. The molecule has 0 heterocycles. The van der Waals surface area contributed by atoms with E-state index in [1.54, 1.807) is 0 Å². The van der Waals surface area contributed by atoms with E-state index in [0.717, 1.165) is 32.1 Å². The zero-order valence-corrected chi connectivity index (χ0v) is 19.7. The van der Waals surface area contributed by atoms with Crippen molar-refractivity contribution >= 4 is 114 Å². The zero-order valence-electron chi connectivity index (χ0n) is 11.6. The van der Waals surface area contributed by atoms with Gasteiger partial charge in [0.25, 0.3) is 0 Å². The molecule has 0 aromatic heterocycles. The number of hydrogen-bond acceptors (Lipinski definition) is 9. The van der Waals surface area contributed by atoms with Crippen LogP contribution in [-0.2, 0) is 0 Å². The summed E-state index contributed by atoms with van der Waals surface area (Å²) in [5.74, 6) is 0.541. The molecule has 0 aromatic rings. The van der Waals surface area contributed by atoms with Crippen LogP contribution in [-0.4, -0.2) is 29.5 Å². The van der Waals surface area contributed by atoms with Crippen LogP contribution in [0, 0.1) is 5.92 Å². The van der Waals surface area contributed by atoms with Crippen molar-refractivity contribution in [1.29, 1.82) is 0 Å². The highest BCUT2D eigenvalue weighted by Gasteiger charge is 2.21. The Morgan fingerprint density at radius 3 is 1.05 bits per heavy atom. The molecule has 0 rings (SSSR count). The molecular formula is C12H26S9. The van der Waals surface area contributed by atoms with Crippen LogP contribution in [0.2, 0.25) is 0 Å². The summed E-state index contributed by atoms with van der Waals surface area (Å²) >= 11 is 39.7. The van der Waals surface area contributed by atoms with Gasteiger partial charge in [0.15, 0.2) is 0 Å². The normalized spacial score (nSPS) is 18.3. The van der Waals surface area contributed by atoms with Gasteiger partial charge in [-0.3, -0.25) is 0 Å². The molecule has 3 atom stereocenters. The lowest BCUT2D eigenvalue weighted by atomic mass is 9.91. The number of rotatable bonds is 11. The van der Waals surface area contributed by atoms with E-state index >= 15 is 0 Å². The minimum absolute atomic E-state index is 0.000166. The van der Waals surface area contributed by atoms with Crippen LogP contribution >= 0.6 is 114 Å². The second kappa shape index (κ2) is 13.4. The molecule has 0 spiro atoms. The van der Waals surface area contributed by atoms with Crippen molar-refractivity contribution in [3.63, 3.8) is 0 Å². The third-order valence-corrected chi connectivity index (χ3v) is 8.54. The fraction of sp³-hybridized carbons (Fsp3) is 1.00. The van der Waals surface area contributed by atoms with Crippen molar-refractivity contribution in [2.45, 2.75) is 61.6 Å². The molecule has 128 valence electrons. The lowest BCUT2D eigenvalue weighted by Gasteiger charge is -2.25. The first-order valence-electron chi connectivity index (χ1n) is 6.77. The zero-order chi connectivity index (χ0) is 16.6. The van der Waals surface area contributed by atoms with Gasteiger partial charge in [0.2, 0.25) is 0 Å². The topological polar surface area (TPSA) is 0 Å². The molecule has 0 aliphatic heterocycles.